The van der Waals surface area contributed by atoms with Crippen molar-refractivity contribution in [3.05, 3.63) is 22.3 Å². The van der Waals surface area contributed by atoms with Crippen LogP contribution in [0.15, 0.2) is 22.3 Å². The molecular weight excluding hydrogens is 250 g/mol. The Kier molecular flexibility index (Phi) is 3.08. The molecule has 2 saturated carbocycles. The molecule has 5 heteroatoms. The van der Waals surface area contributed by atoms with E-state index in [9.17, 15) is 8.42 Å². The van der Waals surface area contributed by atoms with Crippen LogP contribution in [0.25, 0.3) is 0 Å². The van der Waals surface area contributed by atoms with E-state index in [1.165, 1.54) is 32.1 Å². The van der Waals surface area contributed by atoms with Crippen molar-refractivity contribution < 1.29 is 13.2 Å². The van der Waals surface area contributed by atoms with Gasteiger partial charge in [0.05, 0.1) is 19.0 Å². The molecule has 0 aromatic carbocycles. The molecule has 0 radical (unpaired) electrons. The SMILES string of the molecule is NS(=O)(=O)CCOCC1C2=C3CCC(=C1CC2)C3. The van der Waals surface area contributed by atoms with Crippen LogP contribution in [0.1, 0.15) is 32.1 Å². The van der Waals surface area contributed by atoms with E-state index in [0.29, 0.717) is 12.5 Å². The molecule has 0 unspecified atom stereocenters. The van der Waals surface area contributed by atoms with Gasteiger partial charge >= 0.3 is 0 Å². The Balaban J connectivity index is 1.61. The Hall–Kier alpha value is -0.650. The van der Waals surface area contributed by atoms with Gasteiger partial charge < -0.3 is 4.74 Å². The monoisotopic (exact) mass is 269 g/mol. The maximum Gasteiger partial charge on any atom is 0.211 e. The number of fused-ring (bicyclic) bond motifs is 4. The van der Waals surface area contributed by atoms with Gasteiger partial charge in [-0.1, -0.05) is 22.3 Å². The summed E-state index contributed by atoms with van der Waals surface area (Å²) in [5.74, 6) is 0.365. The van der Waals surface area contributed by atoms with Gasteiger partial charge in [0.25, 0.3) is 0 Å². The zero-order valence-electron chi connectivity index (χ0n) is 10.4. The zero-order chi connectivity index (χ0) is 12.8. The second-order valence-corrected chi connectivity index (χ2v) is 7.16. The van der Waals surface area contributed by atoms with Crippen LogP contribution in [0.2, 0.25) is 0 Å². The summed E-state index contributed by atoms with van der Waals surface area (Å²) in [5, 5.41) is 4.95. The molecule has 0 saturated heterocycles. The van der Waals surface area contributed by atoms with Gasteiger partial charge in [-0.05, 0) is 32.1 Å². The first-order chi connectivity index (χ1) is 8.54. The molecule has 3 rings (SSSR count). The number of primary sulfonamides is 1. The predicted molar refractivity (Wildman–Crippen MR) is 69.4 cm³/mol. The van der Waals surface area contributed by atoms with Crippen molar-refractivity contribution in [1.82, 2.24) is 0 Å². The smallest absolute Gasteiger partial charge is 0.211 e. The van der Waals surface area contributed by atoms with Crippen molar-refractivity contribution in [1.29, 1.82) is 0 Å². The summed E-state index contributed by atoms with van der Waals surface area (Å²) < 4.78 is 27.2. The molecule has 0 aromatic heterocycles. The van der Waals surface area contributed by atoms with Crippen molar-refractivity contribution in [2.75, 3.05) is 19.0 Å². The molecular formula is C13H19NO3S. The molecule has 4 bridgehead atoms. The fourth-order valence-corrected chi connectivity index (χ4v) is 3.89. The number of hydrogen-bond donors (Lipinski definition) is 1. The highest BCUT2D eigenvalue weighted by atomic mass is 32.2. The summed E-state index contributed by atoms with van der Waals surface area (Å²) in [5.41, 5.74) is 6.43. The quantitative estimate of drug-likeness (QED) is 0.607. The molecule has 2 fully saturated rings. The first kappa shape index (κ1) is 12.4. The molecule has 0 aromatic rings. The third-order valence-electron chi connectivity index (χ3n) is 4.37. The molecule has 100 valence electrons. The largest absolute Gasteiger partial charge is 0.379 e. The number of sulfonamides is 1. The van der Waals surface area contributed by atoms with Crippen molar-refractivity contribution in [2.45, 2.75) is 32.1 Å². The number of ether oxygens (including phenoxy) is 1. The van der Waals surface area contributed by atoms with E-state index in [1.54, 1.807) is 22.3 Å². The van der Waals surface area contributed by atoms with E-state index in [-0.39, 0.29) is 12.4 Å². The molecule has 0 aliphatic heterocycles. The second kappa shape index (κ2) is 4.47. The molecule has 3 aliphatic carbocycles. The van der Waals surface area contributed by atoms with E-state index < -0.39 is 10.0 Å². The predicted octanol–water partition coefficient (Wildman–Crippen LogP) is 1.49. The van der Waals surface area contributed by atoms with Crippen LogP contribution in [0.3, 0.4) is 0 Å². The minimum Gasteiger partial charge on any atom is -0.379 e. The summed E-state index contributed by atoms with van der Waals surface area (Å²) in [4.78, 5) is 0. The first-order valence-electron chi connectivity index (χ1n) is 6.54. The summed E-state index contributed by atoms with van der Waals surface area (Å²) >= 11 is 0. The molecule has 18 heavy (non-hydrogen) atoms. The zero-order valence-corrected chi connectivity index (χ0v) is 11.3. The minimum absolute atomic E-state index is 0.0858. The van der Waals surface area contributed by atoms with Crippen LogP contribution in [-0.4, -0.2) is 27.4 Å². The number of nitrogens with two attached hydrogens (primary N) is 1. The van der Waals surface area contributed by atoms with Gasteiger partial charge in [-0.25, -0.2) is 13.6 Å². The normalized spacial score (nSPS) is 23.4. The standard InChI is InChI=1S/C13H19NO3S/c14-18(15,16)6-5-17-8-13-11-3-4-12(13)10-2-1-9(11)7-10/h13H,1-8H2,(H2,14,15,16). The summed E-state index contributed by atoms with van der Waals surface area (Å²) in [6.45, 7) is 0.841. The summed E-state index contributed by atoms with van der Waals surface area (Å²) in [6, 6.07) is 0. The van der Waals surface area contributed by atoms with Gasteiger partial charge in [0.15, 0.2) is 0 Å². The Bertz CT molecular complexity index is 502. The Morgan fingerprint density at radius 3 is 2.28 bits per heavy atom. The molecule has 0 amide bonds. The molecule has 3 aliphatic rings. The lowest BCUT2D eigenvalue weighted by atomic mass is 9.88. The summed E-state index contributed by atoms with van der Waals surface area (Å²) in [7, 11) is -3.40. The molecule has 2 N–H and O–H groups in total. The molecule has 0 heterocycles. The van der Waals surface area contributed by atoms with Crippen LogP contribution in [0, 0.1) is 5.92 Å². The van der Waals surface area contributed by atoms with Gasteiger partial charge in [0.1, 0.15) is 0 Å². The third kappa shape index (κ3) is 2.27. The van der Waals surface area contributed by atoms with Gasteiger partial charge in [0.2, 0.25) is 10.0 Å². The average molecular weight is 269 g/mol. The third-order valence-corrected chi connectivity index (χ3v) is 5.10. The fraction of sp³-hybridized carbons (Fsp3) is 0.692. The topological polar surface area (TPSA) is 69.4 Å². The lowest BCUT2D eigenvalue weighted by Gasteiger charge is -2.21. The Morgan fingerprint density at radius 1 is 1.11 bits per heavy atom. The van der Waals surface area contributed by atoms with Gasteiger partial charge in [0, 0.05) is 5.92 Å². The van der Waals surface area contributed by atoms with Crippen LogP contribution in [-0.2, 0) is 14.8 Å². The highest BCUT2D eigenvalue weighted by Gasteiger charge is 2.37. The highest BCUT2D eigenvalue weighted by molar-refractivity contribution is 7.89. The van der Waals surface area contributed by atoms with Crippen LogP contribution >= 0.6 is 0 Å². The molecule has 0 atom stereocenters. The maximum absolute atomic E-state index is 10.8. The minimum atomic E-state index is -3.40. The van der Waals surface area contributed by atoms with E-state index in [2.05, 4.69) is 0 Å². The first-order valence-corrected chi connectivity index (χ1v) is 8.26. The lowest BCUT2D eigenvalue weighted by molar-refractivity contribution is 0.132. The maximum atomic E-state index is 10.8. The van der Waals surface area contributed by atoms with Gasteiger partial charge in [-0.3, -0.25) is 0 Å². The highest BCUT2D eigenvalue weighted by Crippen LogP contribution is 2.51. The number of allylic oxidation sites excluding steroid dienone is 2. The Morgan fingerprint density at radius 2 is 1.72 bits per heavy atom. The van der Waals surface area contributed by atoms with Crippen molar-refractivity contribution in [3.63, 3.8) is 0 Å². The lowest BCUT2D eigenvalue weighted by Crippen LogP contribution is -2.22. The average Bonchev–Trinajstić information content (AvgIpc) is 2.79. The van der Waals surface area contributed by atoms with E-state index >= 15 is 0 Å². The van der Waals surface area contributed by atoms with Gasteiger partial charge in [-0.2, -0.15) is 0 Å². The Labute approximate surface area is 108 Å². The van der Waals surface area contributed by atoms with E-state index in [1.807, 2.05) is 0 Å². The van der Waals surface area contributed by atoms with Crippen LogP contribution in [0.5, 0.6) is 0 Å². The van der Waals surface area contributed by atoms with Gasteiger partial charge in [-0.15, -0.1) is 0 Å². The second-order valence-electron chi connectivity index (χ2n) is 5.43. The van der Waals surface area contributed by atoms with Crippen molar-refractivity contribution in [3.8, 4) is 0 Å². The van der Waals surface area contributed by atoms with Crippen molar-refractivity contribution in [2.24, 2.45) is 11.1 Å². The fourth-order valence-electron chi connectivity index (χ4n) is 3.54. The van der Waals surface area contributed by atoms with Crippen LogP contribution in [0.4, 0.5) is 0 Å². The van der Waals surface area contributed by atoms with Crippen molar-refractivity contribution >= 4 is 10.0 Å². The summed E-state index contributed by atoms with van der Waals surface area (Å²) in [6.07, 6.45) is 6.07. The number of rotatable bonds is 5. The molecule has 4 nitrogen and oxygen atoms in total. The van der Waals surface area contributed by atoms with Crippen LogP contribution < -0.4 is 5.14 Å². The number of hydrogen-bond acceptors (Lipinski definition) is 3. The van der Waals surface area contributed by atoms with E-state index in [4.69, 9.17) is 9.88 Å². The molecule has 0 spiro atoms. The van der Waals surface area contributed by atoms with E-state index in [0.717, 1.165) is 0 Å².